The number of esters is 2. The van der Waals surface area contributed by atoms with Crippen molar-refractivity contribution in [2.75, 3.05) is 26.4 Å². The molecule has 144 valence electrons. The Morgan fingerprint density at radius 1 is 1.08 bits per heavy atom. The zero-order valence-corrected chi connectivity index (χ0v) is 15.1. The number of amides is 1. The minimum absolute atomic E-state index is 0.0128. The zero-order chi connectivity index (χ0) is 19.9. The van der Waals surface area contributed by atoms with Gasteiger partial charge in [-0.15, -0.1) is 0 Å². The first-order valence-corrected chi connectivity index (χ1v) is 7.78. The fourth-order valence-corrected chi connectivity index (χ4v) is 1.43. The van der Waals surface area contributed by atoms with Crippen LogP contribution < -0.4 is 5.32 Å². The van der Waals surface area contributed by atoms with Gasteiger partial charge in [-0.25, -0.2) is 9.59 Å². The Labute approximate surface area is 153 Å². The molecule has 1 atom stereocenters. The van der Waals surface area contributed by atoms with Crippen LogP contribution >= 0.6 is 0 Å². The molecule has 1 unspecified atom stereocenters. The van der Waals surface area contributed by atoms with Crippen LogP contribution in [0.1, 0.15) is 13.8 Å². The van der Waals surface area contributed by atoms with Gasteiger partial charge in [-0.3, -0.25) is 4.79 Å². The van der Waals surface area contributed by atoms with Gasteiger partial charge in [-0.1, -0.05) is 25.8 Å². The van der Waals surface area contributed by atoms with Crippen LogP contribution in [0.2, 0.25) is 0 Å². The van der Waals surface area contributed by atoms with E-state index in [4.69, 9.17) is 14.2 Å². The molecule has 8 nitrogen and oxygen atoms in total. The van der Waals surface area contributed by atoms with E-state index in [2.05, 4.69) is 29.8 Å². The van der Waals surface area contributed by atoms with Gasteiger partial charge < -0.3 is 24.3 Å². The van der Waals surface area contributed by atoms with Crippen molar-refractivity contribution in [3.8, 4) is 0 Å². The van der Waals surface area contributed by atoms with Gasteiger partial charge in [0.15, 0.2) is 6.10 Å². The Balaban J connectivity index is 4.61. The van der Waals surface area contributed by atoms with Crippen LogP contribution in [0, 0.1) is 0 Å². The van der Waals surface area contributed by atoms with E-state index in [9.17, 15) is 14.4 Å². The van der Waals surface area contributed by atoms with Gasteiger partial charge in [-0.2, -0.15) is 0 Å². The number of hydrogen-bond donors (Lipinski definition) is 1. The summed E-state index contributed by atoms with van der Waals surface area (Å²) in [6.07, 6.45) is 2.89. The molecule has 1 amide bonds. The van der Waals surface area contributed by atoms with Crippen molar-refractivity contribution >= 4 is 18.0 Å². The van der Waals surface area contributed by atoms with E-state index in [0.29, 0.717) is 5.76 Å². The van der Waals surface area contributed by atoms with E-state index in [1.54, 1.807) is 6.08 Å². The van der Waals surface area contributed by atoms with Gasteiger partial charge in [0.25, 0.3) is 0 Å². The molecule has 0 aromatic heterocycles. The highest BCUT2D eigenvalue weighted by molar-refractivity contribution is 5.86. The number of alkyl carbamates (subject to hydrolysis) is 1. The van der Waals surface area contributed by atoms with Gasteiger partial charge in [0.1, 0.15) is 25.6 Å². The second kappa shape index (κ2) is 13.3. The topological polar surface area (TPSA) is 100 Å². The van der Waals surface area contributed by atoms with Crippen molar-refractivity contribution < 1.29 is 33.3 Å². The number of allylic oxidation sites excluding steroid dienone is 3. The van der Waals surface area contributed by atoms with E-state index in [1.165, 1.54) is 26.0 Å². The fraction of sp³-hybridized carbons (Fsp3) is 0.389. The lowest BCUT2D eigenvalue weighted by Crippen LogP contribution is -2.36. The third kappa shape index (κ3) is 11.5. The highest BCUT2D eigenvalue weighted by Crippen LogP contribution is 2.05. The molecular weight excluding hydrogens is 342 g/mol. The molecule has 26 heavy (non-hydrogen) atoms. The SMILES string of the molecule is C=CC=C(C=C)OCC(COC(=O)C(=C)C)OC(=O)NCCOC(C)=O. The summed E-state index contributed by atoms with van der Waals surface area (Å²) in [5, 5.41) is 2.40. The van der Waals surface area contributed by atoms with Crippen LogP contribution in [0.3, 0.4) is 0 Å². The molecule has 0 saturated heterocycles. The summed E-state index contributed by atoms with van der Waals surface area (Å²) < 4.78 is 20.3. The molecule has 8 heteroatoms. The number of hydrogen-bond acceptors (Lipinski definition) is 7. The number of carbonyl (C=O) groups excluding carboxylic acids is 3. The van der Waals surface area contributed by atoms with Gasteiger partial charge in [0.2, 0.25) is 0 Å². The lowest BCUT2D eigenvalue weighted by molar-refractivity contribution is -0.142. The Hall–Kier alpha value is -3.03. The van der Waals surface area contributed by atoms with Gasteiger partial charge in [-0.05, 0) is 19.1 Å². The highest BCUT2D eigenvalue weighted by atomic mass is 16.6. The first-order valence-electron chi connectivity index (χ1n) is 7.78. The average Bonchev–Trinajstić information content (AvgIpc) is 2.59. The molecule has 0 aliphatic rings. The smallest absolute Gasteiger partial charge is 0.407 e. The zero-order valence-electron chi connectivity index (χ0n) is 15.1. The van der Waals surface area contributed by atoms with E-state index < -0.39 is 24.1 Å². The van der Waals surface area contributed by atoms with E-state index in [1.807, 2.05) is 0 Å². The summed E-state index contributed by atoms with van der Waals surface area (Å²) in [5.74, 6) is -0.654. The molecule has 0 spiro atoms. The molecule has 0 rings (SSSR count). The molecule has 0 heterocycles. The minimum Gasteiger partial charge on any atom is -0.490 e. The van der Waals surface area contributed by atoms with Crippen molar-refractivity contribution in [1.29, 1.82) is 0 Å². The van der Waals surface area contributed by atoms with Crippen LogP contribution in [-0.4, -0.2) is 50.5 Å². The van der Waals surface area contributed by atoms with Crippen LogP contribution in [0.15, 0.2) is 49.3 Å². The Morgan fingerprint density at radius 2 is 1.73 bits per heavy atom. The van der Waals surface area contributed by atoms with Gasteiger partial charge in [0, 0.05) is 12.5 Å². The van der Waals surface area contributed by atoms with Gasteiger partial charge in [0.05, 0.1) is 6.54 Å². The highest BCUT2D eigenvalue weighted by Gasteiger charge is 2.18. The summed E-state index contributed by atoms with van der Waals surface area (Å²) in [5.41, 5.74) is 0.217. The largest absolute Gasteiger partial charge is 0.490 e. The standard InChI is InChI=1S/C18H25NO7/c1-6-8-15(7-2)24-11-16(12-25-17(21)13(3)4)26-18(22)19-9-10-23-14(5)20/h6-8,16H,1-3,9-12H2,4-5H3,(H,19,22). The van der Waals surface area contributed by atoms with Crippen LogP contribution in [-0.2, 0) is 28.5 Å². The number of carbonyl (C=O) groups is 3. The first kappa shape index (κ1) is 23.0. The number of ether oxygens (including phenoxy) is 4. The van der Waals surface area contributed by atoms with Crippen molar-refractivity contribution in [2.24, 2.45) is 0 Å². The Morgan fingerprint density at radius 3 is 2.27 bits per heavy atom. The molecule has 0 radical (unpaired) electrons. The van der Waals surface area contributed by atoms with Gasteiger partial charge >= 0.3 is 18.0 Å². The second-order valence-corrected chi connectivity index (χ2v) is 4.99. The van der Waals surface area contributed by atoms with E-state index in [0.717, 1.165) is 0 Å². The summed E-state index contributed by atoms with van der Waals surface area (Å²) in [4.78, 5) is 33.9. The number of nitrogens with one attached hydrogen (secondary N) is 1. The van der Waals surface area contributed by atoms with E-state index >= 15 is 0 Å². The molecule has 0 aromatic carbocycles. The molecule has 0 aliphatic heterocycles. The summed E-state index contributed by atoms with van der Waals surface area (Å²) in [6.45, 7) is 13.1. The minimum atomic E-state index is -0.875. The molecule has 0 aromatic rings. The maximum atomic E-state index is 11.8. The summed E-state index contributed by atoms with van der Waals surface area (Å²) in [7, 11) is 0. The van der Waals surface area contributed by atoms with Crippen molar-refractivity contribution in [3.05, 3.63) is 49.3 Å². The van der Waals surface area contributed by atoms with E-state index in [-0.39, 0.29) is 31.9 Å². The lowest BCUT2D eigenvalue weighted by atomic mass is 10.3. The fourth-order valence-electron chi connectivity index (χ4n) is 1.43. The van der Waals surface area contributed by atoms with Crippen LogP contribution in [0.4, 0.5) is 4.79 Å². The predicted octanol–water partition coefficient (Wildman–Crippen LogP) is 2.04. The average molecular weight is 367 g/mol. The maximum Gasteiger partial charge on any atom is 0.407 e. The van der Waals surface area contributed by atoms with Crippen molar-refractivity contribution in [3.63, 3.8) is 0 Å². The van der Waals surface area contributed by atoms with Crippen molar-refractivity contribution in [2.45, 2.75) is 20.0 Å². The number of rotatable bonds is 12. The second-order valence-electron chi connectivity index (χ2n) is 4.99. The molecule has 0 aliphatic carbocycles. The third-order valence-corrected chi connectivity index (χ3v) is 2.62. The lowest BCUT2D eigenvalue weighted by Gasteiger charge is -2.19. The first-order chi connectivity index (χ1) is 12.3. The summed E-state index contributed by atoms with van der Waals surface area (Å²) in [6, 6.07) is 0. The summed E-state index contributed by atoms with van der Waals surface area (Å²) >= 11 is 0. The third-order valence-electron chi connectivity index (χ3n) is 2.62. The Kier molecular flexibility index (Phi) is 11.7. The van der Waals surface area contributed by atoms with Crippen LogP contribution in [0.25, 0.3) is 0 Å². The molecule has 0 bridgehead atoms. The molecule has 0 saturated carbocycles. The monoisotopic (exact) mass is 367 g/mol. The Bertz CT molecular complexity index is 566. The van der Waals surface area contributed by atoms with Crippen molar-refractivity contribution in [1.82, 2.24) is 5.32 Å². The normalized spacial score (nSPS) is 11.5. The molecular formula is C18H25NO7. The van der Waals surface area contributed by atoms with Crippen LogP contribution in [0.5, 0.6) is 0 Å². The quantitative estimate of drug-likeness (QED) is 0.141. The maximum absolute atomic E-state index is 11.8. The molecule has 0 fully saturated rings. The predicted molar refractivity (Wildman–Crippen MR) is 95.1 cm³/mol. The molecule has 1 N–H and O–H groups in total.